The molecule has 104 valence electrons. The molecule has 0 saturated heterocycles. The molecule has 20 heavy (non-hydrogen) atoms. The minimum Gasteiger partial charge on any atom is -0.384 e. The average Bonchev–Trinajstić information content (AvgIpc) is 2.41. The normalized spacial score (nSPS) is 10.3. The van der Waals surface area contributed by atoms with Crippen LogP contribution < -0.4 is 10.6 Å². The SMILES string of the molecule is CCN(c1ccc(F)cc1)c1cccc(Br)c1C(=N)N. The fourth-order valence-electron chi connectivity index (χ4n) is 2.12. The zero-order valence-electron chi connectivity index (χ0n) is 11.0. The number of benzene rings is 2. The van der Waals surface area contributed by atoms with E-state index in [2.05, 4.69) is 15.9 Å². The van der Waals surface area contributed by atoms with Crippen molar-refractivity contribution in [1.29, 1.82) is 5.41 Å². The van der Waals surface area contributed by atoms with Gasteiger partial charge in [0.15, 0.2) is 0 Å². The second-order valence-corrected chi connectivity index (χ2v) is 5.12. The molecule has 0 heterocycles. The lowest BCUT2D eigenvalue weighted by Crippen LogP contribution is -2.22. The van der Waals surface area contributed by atoms with E-state index in [9.17, 15) is 4.39 Å². The maximum atomic E-state index is 13.0. The number of amidine groups is 1. The van der Waals surface area contributed by atoms with Gasteiger partial charge in [-0.3, -0.25) is 5.41 Å². The first-order valence-corrected chi connectivity index (χ1v) is 7.00. The summed E-state index contributed by atoms with van der Waals surface area (Å²) in [5.74, 6) is -0.279. The van der Waals surface area contributed by atoms with E-state index in [0.29, 0.717) is 12.1 Å². The molecule has 2 aromatic carbocycles. The van der Waals surface area contributed by atoms with E-state index < -0.39 is 0 Å². The molecule has 0 aliphatic heterocycles. The number of hydrogen-bond donors (Lipinski definition) is 2. The Bertz CT molecular complexity index is 626. The second kappa shape index (κ2) is 6.05. The van der Waals surface area contributed by atoms with Crippen molar-refractivity contribution in [3.05, 3.63) is 58.3 Å². The summed E-state index contributed by atoms with van der Waals surface area (Å²) in [6, 6.07) is 11.9. The molecule has 0 amide bonds. The predicted molar refractivity (Wildman–Crippen MR) is 84.2 cm³/mol. The van der Waals surface area contributed by atoms with Crippen LogP contribution in [0.4, 0.5) is 15.8 Å². The Labute approximate surface area is 125 Å². The summed E-state index contributed by atoms with van der Waals surface area (Å²) in [5, 5.41) is 7.74. The fourth-order valence-corrected chi connectivity index (χ4v) is 2.69. The van der Waals surface area contributed by atoms with Gasteiger partial charge in [0.1, 0.15) is 11.7 Å². The first-order valence-electron chi connectivity index (χ1n) is 6.20. The summed E-state index contributed by atoms with van der Waals surface area (Å²) >= 11 is 3.42. The van der Waals surface area contributed by atoms with E-state index in [1.165, 1.54) is 12.1 Å². The van der Waals surface area contributed by atoms with Gasteiger partial charge in [-0.05, 0) is 59.3 Å². The first-order chi connectivity index (χ1) is 9.54. The topological polar surface area (TPSA) is 53.1 Å². The number of nitrogen functional groups attached to an aromatic ring is 1. The molecule has 2 rings (SSSR count). The van der Waals surface area contributed by atoms with Crippen molar-refractivity contribution in [1.82, 2.24) is 0 Å². The van der Waals surface area contributed by atoms with E-state index >= 15 is 0 Å². The number of halogens is 2. The summed E-state index contributed by atoms with van der Waals surface area (Å²) in [5.41, 5.74) is 7.99. The zero-order chi connectivity index (χ0) is 14.7. The summed E-state index contributed by atoms with van der Waals surface area (Å²) in [6.45, 7) is 2.68. The van der Waals surface area contributed by atoms with Crippen LogP contribution in [0.5, 0.6) is 0 Å². The Morgan fingerprint density at radius 2 is 1.90 bits per heavy atom. The van der Waals surface area contributed by atoms with Crippen LogP contribution in [0.2, 0.25) is 0 Å². The molecule has 0 atom stereocenters. The van der Waals surface area contributed by atoms with E-state index in [-0.39, 0.29) is 11.7 Å². The summed E-state index contributed by atoms with van der Waals surface area (Å²) in [7, 11) is 0. The molecule has 3 N–H and O–H groups in total. The highest BCUT2D eigenvalue weighted by Crippen LogP contribution is 2.32. The van der Waals surface area contributed by atoms with Crippen LogP contribution >= 0.6 is 15.9 Å². The number of rotatable bonds is 4. The van der Waals surface area contributed by atoms with E-state index in [1.54, 1.807) is 12.1 Å². The quantitative estimate of drug-likeness (QED) is 0.654. The van der Waals surface area contributed by atoms with E-state index in [4.69, 9.17) is 11.1 Å². The molecule has 0 bridgehead atoms. The third kappa shape index (κ3) is 2.82. The monoisotopic (exact) mass is 335 g/mol. The van der Waals surface area contributed by atoms with Gasteiger partial charge in [0.05, 0.1) is 11.3 Å². The molecule has 3 nitrogen and oxygen atoms in total. The maximum absolute atomic E-state index is 13.0. The molecule has 2 aromatic rings. The highest BCUT2D eigenvalue weighted by Gasteiger charge is 2.16. The minimum atomic E-state index is -0.272. The Morgan fingerprint density at radius 1 is 1.25 bits per heavy atom. The fraction of sp³-hybridized carbons (Fsp3) is 0.133. The van der Waals surface area contributed by atoms with Crippen molar-refractivity contribution in [2.75, 3.05) is 11.4 Å². The van der Waals surface area contributed by atoms with E-state index in [1.807, 2.05) is 30.0 Å². The van der Waals surface area contributed by atoms with Gasteiger partial charge in [0.2, 0.25) is 0 Å². The second-order valence-electron chi connectivity index (χ2n) is 4.27. The number of nitrogens with two attached hydrogens (primary N) is 1. The largest absolute Gasteiger partial charge is 0.384 e. The Kier molecular flexibility index (Phi) is 4.39. The number of nitrogens with zero attached hydrogens (tertiary/aromatic N) is 1. The van der Waals surface area contributed by atoms with Crippen molar-refractivity contribution in [2.24, 2.45) is 5.73 Å². The average molecular weight is 336 g/mol. The van der Waals surface area contributed by atoms with Crippen LogP contribution in [0.25, 0.3) is 0 Å². The van der Waals surface area contributed by atoms with Gasteiger partial charge in [0, 0.05) is 16.7 Å². The molecule has 0 aliphatic rings. The number of anilines is 2. The molecule has 0 aromatic heterocycles. The van der Waals surface area contributed by atoms with Crippen LogP contribution in [0.3, 0.4) is 0 Å². The van der Waals surface area contributed by atoms with Gasteiger partial charge in [-0.2, -0.15) is 0 Å². The predicted octanol–water partition coefficient (Wildman–Crippen LogP) is 4.03. The van der Waals surface area contributed by atoms with Gasteiger partial charge in [0.25, 0.3) is 0 Å². The highest BCUT2D eigenvalue weighted by atomic mass is 79.9. The number of hydrogen-bond acceptors (Lipinski definition) is 2. The Hall–Kier alpha value is -1.88. The van der Waals surface area contributed by atoms with Crippen LogP contribution in [-0.2, 0) is 0 Å². The van der Waals surface area contributed by atoms with Gasteiger partial charge < -0.3 is 10.6 Å². The first kappa shape index (κ1) is 14.5. The third-order valence-corrected chi connectivity index (χ3v) is 3.67. The molecule has 0 aliphatic carbocycles. The van der Waals surface area contributed by atoms with Crippen molar-refractivity contribution in [3.63, 3.8) is 0 Å². The van der Waals surface area contributed by atoms with Crippen molar-refractivity contribution in [2.45, 2.75) is 6.92 Å². The Balaban J connectivity index is 2.55. The standard InChI is InChI=1S/C15H15BrFN3/c1-2-20(11-8-6-10(17)7-9-11)13-5-3-4-12(16)14(13)15(18)19/h3-9H,2H2,1H3,(H3,18,19). The van der Waals surface area contributed by atoms with Gasteiger partial charge in [-0.15, -0.1) is 0 Å². The number of nitrogens with one attached hydrogen (secondary N) is 1. The highest BCUT2D eigenvalue weighted by molar-refractivity contribution is 9.10. The molecule has 0 radical (unpaired) electrons. The van der Waals surface area contributed by atoms with Crippen LogP contribution in [0.15, 0.2) is 46.9 Å². The van der Waals surface area contributed by atoms with Gasteiger partial charge >= 0.3 is 0 Å². The summed E-state index contributed by atoms with van der Waals surface area (Å²) < 4.78 is 13.8. The lowest BCUT2D eigenvalue weighted by atomic mass is 10.1. The lowest BCUT2D eigenvalue weighted by molar-refractivity contribution is 0.628. The van der Waals surface area contributed by atoms with Gasteiger partial charge in [-0.1, -0.05) is 6.07 Å². The van der Waals surface area contributed by atoms with Crippen LogP contribution in [0.1, 0.15) is 12.5 Å². The molecule has 0 spiro atoms. The van der Waals surface area contributed by atoms with Crippen molar-refractivity contribution in [3.8, 4) is 0 Å². The molecule has 0 unspecified atom stereocenters. The van der Waals surface area contributed by atoms with Gasteiger partial charge in [-0.25, -0.2) is 4.39 Å². The minimum absolute atomic E-state index is 0.00645. The molecule has 0 saturated carbocycles. The third-order valence-electron chi connectivity index (χ3n) is 3.01. The lowest BCUT2D eigenvalue weighted by Gasteiger charge is -2.26. The molecule has 0 fully saturated rings. The van der Waals surface area contributed by atoms with Crippen molar-refractivity contribution >= 4 is 33.1 Å². The smallest absolute Gasteiger partial charge is 0.126 e. The molecule has 5 heteroatoms. The van der Waals surface area contributed by atoms with Crippen molar-refractivity contribution < 1.29 is 4.39 Å². The molecular weight excluding hydrogens is 321 g/mol. The zero-order valence-corrected chi connectivity index (χ0v) is 12.6. The Morgan fingerprint density at radius 3 is 2.45 bits per heavy atom. The van der Waals surface area contributed by atoms with Crippen LogP contribution in [-0.4, -0.2) is 12.4 Å². The molecular formula is C15H15BrFN3. The summed E-state index contributed by atoms with van der Waals surface area (Å²) in [4.78, 5) is 1.99. The van der Waals surface area contributed by atoms with Crippen LogP contribution in [0, 0.1) is 11.2 Å². The van der Waals surface area contributed by atoms with E-state index in [0.717, 1.165) is 15.8 Å². The maximum Gasteiger partial charge on any atom is 0.126 e. The summed E-state index contributed by atoms with van der Waals surface area (Å²) in [6.07, 6.45) is 0.